The average molecular weight is 493 g/mol. The summed E-state index contributed by atoms with van der Waals surface area (Å²) in [6.07, 6.45) is 0. The highest BCUT2D eigenvalue weighted by molar-refractivity contribution is 9.10. The maximum Gasteiger partial charge on any atom is 0.271 e. The first-order valence-corrected chi connectivity index (χ1v) is 9.98. The fraction of sp³-hybridized carbons (Fsp3) is 0.0500. The van der Waals surface area contributed by atoms with Gasteiger partial charge in [0.05, 0.1) is 15.1 Å². The van der Waals surface area contributed by atoms with Gasteiger partial charge in [-0.2, -0.15) is 0 Å². The molecule has 3 aromatic carbocycles. The normalized spacial score (nSPS) is 10.3. The van der Waals surface area contributed by atoms with Gasteiger partial charge in [0.15, 0.2) is 11.7 Å². The molecule has 148 valence electrons. The van der Waals surface area contributed by atoms with E-state index in [4.69, 9.17) is 28.6 Å². The summed E-state index contributed by atoms with van der Waals surface area (Å²) in [4.78, 5) is 24.1. The molecule has 9 heteroatoms. The largest absolute Gasteiger partial charge is 0.483 e. The first kappa shape index (κ1) is 21.0. The summed E-state index contributed by atoms with van der Waals surface area (Å²) in [7, 11) is 0. The van der Waals surface area contributed by atoms with Crippen LogP contribution in [0.25, 0.3) is 10.8 Å². The number of nitrogens with one attached hydrogen (secondary N) is 3. The Bertz CT molecular complexity index is 1090. The van der Waals surface area contributed by atoms with E-state index in [0.29, 0.717) is 10.8 Å². The lowest BCUT2D eigenvalue weighted by atomic mass is 10.1. The van der Waals surface area contributed by atoms with Crippen molar-refractivity contribution in [2.45, 2.75) is 0 Å². The van der Waals surface area contributed by atoms with Crippen molar-refractivity contribution in [2.75, 3.05) is 6.61 Å². The quantitative estimate of drug-likeness (QED) is 0.379. The Morgan fingerprint density at radius 2 is 1.72 bits per heavy atom. The van der Waals surface area contributed by atoms with Crippen LogP contribution < -0.4 is 20.9 Å². The van der Waals surface area contributed by atoms with E-state index in [1.807, 2.05) is 30.3 Å². The van der Waals surface area contributed by atoms with Crippen LogP contribution in [0.4, 0.5) is 0 Å². The molecule has 0 bridgehead atoms. The Hall–Kier alpha value is -2.68. The summed E-state index contributed by atoms with van der Waals surface area (Å²) in [5, 5.41) is 4.68. The molecule has 0 aliphatic rings. The van der Waals surface area contributed by atoms with Gasteiger partial charge in [-0.3, -0.25) is 25.8 Å². The first-order chi connectivity index (χ1) is 14.0. The van der Waals surface area contributed by atoms with Gasteiger partial charge in [0.1, 0.15) is 5.75 Å². The summed E-state index contributed by atoms with van der Waals surface area (Å²) in [5.41, 5.74) is 5.10. The third-order valence-electron chi connectivity index (χ3n) is 3.85. The standard InChI is InChI=1S/C20H15BrClN3O3S/c21-18-13-6-2-1-5-12(13)9-10-16(18)28-11-17(26)23-20(29)25-24-19(27)14-7-3-4-8-15(14)22/h1-10H,11H2,(H,24,27)(H2,23,25,26,29). The van der Waals surface area contributed by atoms with Gasteiger partial charge in [0, 0.05) is 0 Å². The number of benzene rings is 3. The van der Waals surface area contributed by atoms with Crippen molar-refractivity contribution >= 4 is 67.4 Å². The van der Waals surface area contributed by atoms with E-state index in [-0.39, 0.29) is 17.3 Å². The van der Waals surface area contributed by atoms with Gasteiger partial charge < -0.3 is 4.74 Å². The number of rotatable bonds is 4. The summed E-state index contributed by atoms with van der Waals surface area (Å²) in [5.74, 6) is -0.428. The number of carbonyl (C=O) groups is 2. The molecule has 3 N–H and O–H groups in total. The fourth-order valence-electron chi connectivity index (χ4n) is 2.49. The highest BCUT2D eigenvalue weighted by Crippen LogP contribution is 2.32. The van der Waals surface area contributed by atoms with E-state index in [1.54, 1.807) is 30.3 Å². The maximum absolute atomic E-state index is 12.1. The first-order valence-electron chi connectivity index (χ1n) is 8.40. The van der Waals surface area contributed by atoms with Crippen LogP contribution >= 0.6 is 39.7 Å². The van der Waals surface area contributed by atoms with E-state index in [1.165, 1.54) is 0 Å². The predicted octanol–water partition coefficient (Wildman–Crippen LogP) is 3.97. The van der Waals surface area contributed by atoms with Gasteiger partial charge in [-0.25, -0.2) is 0 Å². The number of amides is 2. The zero-order valence-corrected chi connectivity index (χ0v) is 18.0. The molecule has 3 aromatic rings. The molecule has 6 nitrogen and oxygen atoms in total. The smallest absolute Gasteiger partial charge is 0.271 e. The molecule has 3 rings (SSSR count). The van der Waals surface area contributed by atoms with Crippen LogP contribution in [0.15, 0.2) is 65.1 Å². The summed E-state index contributed by atoms with van der Waals surface area (Å²) >= 11 is 14.5. The minimum absolute atomic E-state index is 0.0726. The SMILES string of the molecule is O=C(COc1ccc2ccccc2c1Br)NC(=S)NNC(=O)c1ccccc1Cl. The topological polar surface area (TPSA) is 79.5 Å². The summed E-state index contributed by atoms with van der Waals surface area (Å²) in [6.45, 7) is -0.253. The number of hydrogen-bond acceptors (Lipinski definition) is 4. The molecule has 2 amide bonds. The van der Waals surface area contributed by atoms with Crippen molar-refractivity contribution in [2.24, 2.45) is 0 Å². The number of fused-ring (bicyclic) bond motifs is 1. The van der Waals surface area contributed by atoms with E-state index in [2.05, 4.69) is 32.1 Å². The van der Waals surface area contributed by atoms with E-state index < -0.39 is 11.8 Å². The third kappa shape index (κ3) is 5.44. The van der Waals surface area contributed by atoms with Crippen LogP contribution in [0, 0.1) is 0 Å². The summed E-state index contributed by atoms with van der Waals surface area (Å²) < 4.78 is 6.33. The molecule has 0 spiro atoms. The van der Waals surface area contributed by atoms with Crippen LogP contribution in [-0.4, -0.2) is 23.5 Å². The molecule has 0 aliphatic heterocycles. The van der Waals surface area contributed by atoms with Crippen LogP contribution in [0.2, 0.25) is 5.02 Å². The second kappa shape index (κ2) is 9.69. The number of halogens is 2. The molecule has 0 atom stereocenters. The Balaban J connectivity index is 1.49. The van der Waals surface area contributed by atoms with Gasteiger partial charge in [-0.15, -0.1) is 0 Å². The average Bonchev–Trinajstić information content (AvgIpc) is 2.72. The molecule has 0 unspecified atom stereocenters. The lowest BCUT2D eigenvalue weighted by Gasteiger charge is -2.13. The Kier molecular flexibility index (Phi) is 7.03. The minimum Gasteiger partial charge on any atom is -0.483 e. The van der Waals surface area contributed by atoms with Crippen LogP contribution in [-0.2, 0) is 4.79 Å². The molecule has 0 saturated heterocycles. The van der Waals surface area contributed by atoms with Crippen molar-refractivity contribution in [3.8, 4) is 5.75 Å². The molecule has 29 heavy (non-hydrogen) atoms. The number of carbonyl (C=O) groups excluding carboxylic acids is 2. The van der Waals surface area contributed by atoms with Gasteiger partial charge in [0.2, 0.25) is 0 Å². The van der Waals surface area contributed by atoms with Crippen molar-refractivity contribution < 1.29 is 14.3 Å². The molecule has 0 heterocycles. The van der Waals surface area contributed by atoms with Gasteiger partial charge in [-0.1, -0.05) is 54.1 Å². The Morgan fingerprint density at radius 1 is 1.00 bits per heavy atom. The van der Waals surface area contributed by atoms with Crippen molar-refractivity contribution in [1.82, 2.24) is 16.2 Å². The molecule has 0 aliphatic carbocycles. The Morgan fingerprint density at radius 3 is 2.52 bits per heavy atom. The van der Waals surface area contributed by atoms with Crippen LogP contribution in [0.3, 0.4) is 0 Å². The maximum atomic E-state index is 12.1. The molecule has 0 fully saturated rings. The number of ether oxygens (including phenoxy) is 1. The molecular formula is C20H15BrClN3O3S. The Labute approximate surface area is 185 Å². The number of hydrazine groups is 1. The lowest BCUT2D eigenvalue weighted by Crippen LogP contribution is -2.49. The second-order valence-electron chi connectivity index (χ2n) is 5.82. The van der Waals surface area contributed by atoms with Gasteiger partial charge >= 0.3 is 0 Å². The monoisotopic (exact) mass is 491 g/mol. The molecule has 0 saturated carbocycles. The van der Waals surface area contributed by atoms with E-state index in [9.17, 15) is 9.59 Å². The van der Waals surface area contributed by atoms with Crippen molar-refractivity contribution in [3.05, 3.63) is 75.7 Å². The van der Waals surface area contributed by atoms with Crippen molar-refractivity contribution in [3.63, 3.8) is 0 Å². The number of thiocarbonyl (C=S) groups is 1. The number of hydrogen-bond donors (Lipinski definition) is 3. The van der Waals surface area contributed by atoms with Gasteiger partial charge in [-0.05, 0) is 57.1 Å². The molecule has 0 radical (unpaired) electrons. The third-order valence-corrected chi connectivity index (χ3v) is 5.20. The zero-order valence-electron chi connectivity index (χ0n) is 14.9. The zero-order chi connectivity index (χ0) is 20.8. The minimum atomic E-state index is -0.483. The highest BCUT2D eigenvalue weighted by Gasteiger charge is 2.12. The van der Waals surface area contributed by atoms with E-state index in [0.717, 1.165) is 15.2 Å². The second-order valence-corrected chi connectivity index (χ2v) is 7.43. The molecule has 0 aromatic heterocycles. The van der Waals surface area contributed by atoms with Gasteiger partial charge in [0.25, 0.3) is 11.8 Å². The van der Waals surface area contributed by atoms with Crippen LogP contribution in [0.5, 0.6) is 5.75 Å². The highest BCUT2D eigenvalue weighted by atomic mass is 79.9. The van der Waals surface area contributed by atoms with E-state index >= 15 is 0 Å². The summed E-state index contributed by atoms with van der Waals surface area (Å²) in [6, 6.07) is 18.0. The molecular weight excluding hydrogens is 478 g/mol. The lowest BCUT2D eigenvalue weighted by molar-refractivity contribution is -0.121. The van der Waals surface area contributed by atoms with Crippen LogP contribution in [0.1, 0.15) is 10.4 Å². The predicted molar refractivity (Wildman–Crippen MR) is 120 cm³/mol. The van der Waals surface area contributed by atoms with Crippen molar-refractivity contribution in [1.29, 1.82) is 0 Å². The fourth-order valence-corrected chi connectivity index (χ4v) is 3.48.